The third-order valence-corrected chi connectivity index (χ3v) is 1.66. The van der Waals surface area contributed by atoms with Crippen molar-refractivity contribution in [1.29, 1.82) is 0 Å². The minimum Gasteiger partial charge on any atom is -0.320 e. The van der Waals surface area contributed by atoms with Crippen molar-refractivity contribution in [3.63, 3.8) is 0 Å². The highest BCUT2D eigenvalue weighted by Crippen LogP contribution is 2.08. The lowest BCUT2D eigenvalue weighted by molar-refractivity contribution is -0.125. The molecule has 0 spiro atoms. The molecule has 0 radical (unpaired) electrons. The zero-order valence-electron chi connectivity index (χ0n) is 7.13. The van der Waals surface area contributed by atoms with Gasteiger partial charge in [-0.3, -0.25) is 4.79 Å². The van der Waals surface area contributed by atoms with Crippen LogP contribution in [0.25, 0.3) is 0 Å². The highest BCUT2D eigenvalue weighted by molar-refractivity contribution is 6.18. The van der Waals surface area contributed by atoms with E-state index in [1.54, 1.807) is 17.2 Å². The number of amides is 1. The van der Waals surface area contributed by atoms with Crippen LogP contribution in [0.2, 0.25) is 0 Å². The van der Waals surface area contributed by atoms with E-state index in [0.29, 0.717) is 12.3 Å². The van der Waals surface area contributed by atoms with Gasteiger partial charge in [0, 0.05) is 18.8 Å². The maximum Gasteiger partial charge on any atom is 0.226 e. The van der Waals surface area contributed by atoms with E-state index in [-0.39, 0.29) is 5.91 Å². The minimum atomic E-state index is 0.208. The van der Waals surface area contributed by atoms with Gasteiger partial charge in [-0.2, -0.15) is 0 Å². The molecule has 1 fully saturated rings. The average Bonchev–Trinajstić information content (AvgIpc) is 2.51. The summed E-state index contributed by atoms with van der Waals surface area (Å²) in [6, 6.07) is 0. The van der Waals surface area contributed by atoms with Gasteiger partial charge in [-0.05, 0) is 12.6 Å². The lowest BCUT2D eigenvalue weighted by Gasteiger charge is -2.05. The van der Waals surface area contributed by atoms with Crippen molar-refractivity contribution in [1.82, 2.24) is 4.90 Å². The summed E-state index contributed by atoms with van der Waals surface area (Å²) in [5.74, 6) is 0.764. The Hall–Kier alpha value is -0.760. The van der Waals surface area contributed by atoms with Gasteiger partial charge in [-0.25, -0.2) is 0 Å². The van der Waals surface area contributed by atoms with E-state index in [2.05, 4.69) is 13.2 Å². The second kappa shape index (κ2) is 6.92. The molecule has 0 atom stereocenters. The van der Waals surface area contributed by atoms with Gasteiger partial charge < -0.3 is 4.90 Å². The number of carbonyl (C=O) groups is 1. The standard InChI is InChI=1S/C6H9NO.C3H5Cl/c1-2-7-5-3-4-6(7)8;1-2-3-4/h2H,1,3-5H2;2H,1,3H2. The van der Waals surface area contributed by atoms with Gasteiger partial charge in [-0.15, -0.1) is 18.2 Å². The van der Waals surface area contributed by atoms with E-state index in [9.17, 15) is 4.79 Å². The molecule has 0 aromatic carbocycles. The number of allylic oxidation sites excluding steroid dienone is 1. The Labute approximate surface area is 78.5 Å². The quantitative estimate of drug-likeness (QED) is 0.479. The molecule has 0 aliphatic carbocycles. The van der Waals surface area contributed by atoms with Gasteiger partial charge >= 0.3 is 0 Å². The SMILES string of the molecule is C=CCCl.C=CN1CCCC1=O. The van der Waals surface area contributed by atoms with Crippen molar-refractivity contribution in [2.45, 2.75) is 12.8 Å². The Bertz CT molecular complexity index is 168. The van der Waals surface area contributed by atoms with Crippen LogP contribution < -0.4 is 0 Å². The van der Waals surface area contributed by atoms with Gasteiger partial charge in [-0.1, -0.05) is 12.7 Å². The molecule has 68 valence electrons. The molecule has 1 aliphatic rings. The highest BCUT2D eigenvalue weighted by Gasteiger charge is 2.15. The number of carbonyl (C=O) groups excluding carboxylic acids is 1. The number of nitrogens with zero attached hydrogens (tertiary/aromatic N) is 1. The average molecular weight is 188 g/mol. The number of rotatable bonds is 2. The van der Waals surface area contributed by atoms with Crippen molar-refractivity contribution in [2.75, 3.05) is 12.4 Å². The van der Waals surface area contributed by atoms with E-state index in [4.69, 9.17) is 11.6 Å². The summed E-state index contributed by atoms with van der Waals surface area (Å²) >= 11 is 5.07. The van der Waals surface area contributed by atoms with Gasteiger partial charge in [0.2, 0.25) is 5.91 Å². The van der Waals surface area contributed by atoms with Crippen LogP contribution in [0.1, 0.15) is 12.8 Å². The second-order valence-electron chi connectivity index (χ2n) is 2.32. The number of halogens is 1. The van der Waals surface area contributed by atoms with Crippen molar-refractivity contribution >= 4 is 17.5 Å². The summed E-state index contributed by atoms with van der Waals surface area (Å²) in [7, 11) is 0. The molecule has 3 heteroatoms. The van der Waals surface area contributed by atoms with Crippen LogP contribution in [-0.4, -0.2) is 23.2 Å². The molecule has 12 heavy (non-hydrogen) atoms. The van der Waals surface area contributed by atoms with E-state index >= 15 is 0 Å². The molecule has 2 nitrogen and oxygen atoms in total. The lowest BCUT2D eigenvalue weighted by atomic mass is 10.4. The minimum absolute atomic E-state index is 0.208. The predicted molar refractivity (Wildman–Crippen MR) is 52.1 cm³/mol. The molecule has 1 aliphatic heterocycles. The summed E-state index contributed by atoms with van der Waals surface area (Å²) in [6.45, 7) is 7.71. The fraction of sp³-hybridized carbons (Fsp3) is 0.444. The fourth-order valence-corrected chi connectivity index (χ4v) is 0.862. The zero-order valence-corrected chi connectivity index (χ0v) is 7.89. The fourth-order valence-electron chi connectivity index (χ4n) is 0.862. The number of alkyl halides is 1. The Morgan fingerprint density at radius 2 is 2.17 bits per heavy atom. The first kappa shape index (κ1) is 11.2. The maximum absolute atomic E-state index is 10.7. The second-order valence-corrected chi connectivity index (χ2v) is 2.62. The predicted octanol–water partition coefficient (Wildman–Crippen LogP) is 2.16. The molecule has 0 unspecified atom stereocenters. The summed E-state index contributed by atoms with van der Waals surface area (Å²) in [6.07, 6.45) is 4.92. The number of hydrogen-bond donors (Lipinski definition) is 0. The lowest BCUT2D eigenvalue weighted by Crippen LogP contribution is -2.16. The van der Waals surface area contributed by atoms with Gasteiger partial charge in [0.15, 0.2) is 0 Å². The molecule has 0 saturated carbocycles. The Morgan fingerprint density at radius 3 is 2.33 bits per heavy atom. The van der Waals surface area contributed by atoms with E-state index in [1.165, 1.54) is 0 Å². The van der Waals surface area contributed by atoms with Crippen LogP contribution in [0.3, 0.4) is 0 Å². The third-order valence-electron chi connectivity index (χ3n) is 1.44. The number of likely N-dealkylation sites (tertiary alicyclic amines) is 1. The molecule has 1 saturated heterocycles. The third kappa shape index (κ3) is 4.19. The van der Waals surface area contributed by atoms with Gasteiger partial charge in [0.1, 0.15) is 0 Å². The van der Waals surface area contributed by atoms with Crippen LogP contribution >= 0.6 is 11.6 Å². The first-order chi connectivity index (χ1) is 5.76. The van der Waals surface area contributed by atoms with Crippen molar-refractivity contribution in [3.8, 4) is 0 Å². The van der Waals surface area contributed by atoms with Crippen LogP contribution in [0.4, 0.5) is 0 Å². The maximum atomic E-state index is 10.7. The van der Waals surface area contributed by atoms with Gasteiger partial charge in [0.25, 0.3) is 0 Å². The molecule has 0 N–H and O–H groups in total. The first-order valence-electron chi connectivity index (χ1n) is 3.85. The molecule has 0 aromatic rings. The van der Waals surface area contributed by atoms with Crippen molar-refractivity contribution in [2.24, 2.45) is 0 Å². The molecule has 0 bridgehead atoms. The molecular formula is C9H14ClNO. The highest BCUT2D eigenvalue weighted by atomic mass is 35.5. The van der Waals surface area contributed by atoms with Crippen LogP contribution in [0.5, 0.6) is 0 Å². The van der Waals surface area contributed by atoms with E-state index < -0.39 is 0 Å². The normalized spacial score (nSPS) is 15.1. The Kier molecular flexibility index (Phi) is 6.48. The summed E-state index contributed by atoms with van der Waals surface area (Å²) in [4.78, 5) is 12.3. The monoisotopic (exact) mass is 187 g/mol. The molecule has 1 heterocycles. The van der Waals surface area contributed by atoms with Crippen LogP contribution in [0, 0.1) is 0 Å². The van der Waals surface area contributed by atoms with E-state index in [0.717, 1.165) is 13.0 Å². The van der Waals surface area contributed by atoms with E-state index in [1.807, 2.05) is 0 Å². The smallest absolute Gasteiger partial charge is 0.226 e. The summed E-state index contributed by atoms with van der Waals surface area (Å²) < 4.78 is 0. The molecular weight excluding hydrogens is 174 g/mol. The molecule has 0 aromatic heterocycles. The number of hydrogen-bond acceptors (Lipinski definition) is 1. The van der Waals surface area contributed by atoms with Crippen LogP contribution in [0.15, 0.2) is 25.4 Å². The summed E-state index contributed by atoms with van der Waals surface area (Å²) in [5, 5.41) is 0. The van der Waals surface area contributed by atoms with Gasteiger partial charge in [0.05, 0.1) is 0 Å². The Balaban J connectivity index is 0.000000261. The van der Waals surface area contributed by atoms with Crippen molar-refractivity contribution in [3.05, 3.63) is 25.4 Å². The largest absolute Gasteiger partial charge is 0.320 e. The van der Waals surface area contributed by atoms with Crippen LogP contribution in [-0.2, 0) is 4.79 Å². The first-order valence-corrected chi connectivity index (χ1v) is 4.38. The summed E-state index contributed by atoms with van der Waals surface area (Å²) in [5.41, 5.74) is 0. The zero-order chi connectivity index (χ0) is 9.40. The topological polar surface area (TPSA) is 20.3 Å². The Morgan fingerprint density at radius 1 is 1.58 bits per heavy atom. The molecule has 1 rings (SSSR count). The molecule has 1 amide bonds. The van der Waals surface area contributed by atoms with Crippen molar-refractivity contribution < 1.29 is 4.79 Å².